The van der Waals surface area contributed by atoms with E-state index in [0.29, 0.717) is 16.7 Å². The number of furan rings is 1. The van der Waals surface area contributed by atoms with Gasteiger partial charge in [0.2, 0.25) is 0 Å². The molecule has 0 bridgehead atoms. The molecule has 0 aliphatic heterocycles. The van der Waals surface area contributed by atoms with Crippen LogP contribution in [-0.2, 0) is 0 Å². The lowest BCUT2D eigenvalue weighted by Crippen LogP contribution is -2.11. The zero-order valence-electron chi connectivity index (χ0n) is 11.7. The summed E-state index contributed by atoms with van der Waals surface area (Å²) < 4.78 is 5.28. The molecule has 0 fully saturated rings. The average Bonchev–Trinajstić information content (AvgIpc) is 2.90. The van der Waals surface area contributed by atoms with Crippen LogP contribution in [0.15, 0.2) is 53.1 Å². The first-order valence-corrected chi connectivity index (χ1v) is 6.58. The molecule has 0 spiro atoms. The molecule has 0 radical (unpaired) electrons. The zero-order valence-corrected chi connectivity index (χ0v) is 11.7. The van der Waals surface area contributed by atoms with Crippen LogP contribution >= 0.6 is 0 Å². The third-order valence-electron chi connectivity index (χ3n) is 3.29. The van der Waals surface area contributed by atoms with Crippen molar-refractivity contribution in [3.05, 3.63) is 70.0 Å². The molecule has 2 aromatic carbocycles. The minimum absolute atomic E-state index is 0.0847. The van der Waals surface area contributed by atoms with Crippen LogP contribution in [0.2, 0.25) is 0 Å². The number of nitrogens with zero attached hydrogens (tertiary/aromatic N) is 1. The van der Waals surface area contributed by atoms with Crippen LogP contribution in [0.25, 0.3) is 11.0 Å². The Bertz CT molecular complexity index is 883. The fourth-order valence-corrected chi connectivity index (χ4v) is 2.23. The molecule has 1 amide bonds. The number of non-ortho nitro benzene ring substituents is 1. The summed E-state index contributed by atoms with van der Waals surface area (Å²) in [6, 6.07) is 11.5. The summed E-state index contributed by atoms with van der Waals surface area (Å²) in [7, 11) is 0. The highest BCUT2D eigenvalue weighted by Crippen LogP contribution is 2.26. The Labute approximate surface area is 125 Å². The van der Waals surface area contributed by atoms with Gasteiger partial charge in [-0.2, -0.15) is 0 Å². The molecule has 110 valence electrons. The van der Waals surface area contributed by atoms with Crippen LogP contribution in [0.5, 0.6) is 0 Å². The number of hydrogen-bond donors (Lipinski definition) is 1. The van der Waals surface area contributed by atoms with E-state index in [1.807, 2.05) is 25.1 Å². The number of carbonyl (C=O) groups excluding carboxylic acids is 1. The number of amides is 1. The number of nitrogens with one attached hydrogen (secondary N) is 1. The summed E-state index contributed by atoms with van der Waals surface area (Å²) in [5, 5.41) is 14.0. The van der Waals surface area contributed by atoms with Crippen molar-refractivity contribution in [2.75, 3.05) is 5.32 Å². The van der Waals surface area contributed by atoms with Gasteiger partial charge in [0.1, 0.15) is 11.8 Å². The van der Waals surface area contributed by atoms with Crippen molar-refractivity contribution in [1.29, 1.82) is 0 Å². The van der Waals surface area contributed by atoms with Crippen LogP contribution in [0, 0.1) is 17.0 Å². The summed E-state index contributed by atoms with van der Waals surface area (Å²) >= 11 is 0. The molecular weight excluding hydrogens is 284 g/mol. The van der Waals surface area contributed by atoms with E-state index in [9.17, 15) is 14.9 Å². The lowest BCUT2D eigenvalue weighted by atomic mass is 10.1. The van der Waals surface area contributed by atoms with Gasteiger partial charge < -0.3 is 9.73 Å². The topological polar surface area (TPSA) is 85.4 Å². The highest BCUT2D eigenvalue weighted by Gasteiger charge is 2.17. The van der Waals surface area contributed by atoms with Crippen molar-refractivity contribution in [2.45, 2.75) is 6.92 Å². The summed E-state index contributed by atoms with van der Waals surface area (Å²) in [6.07, 6.45) is 1.31. The fraction of sp³-hybridized carbons (Fsp3) is 0.0625. The number of rotatable bonds is 3. The van der Waals surface area contributed by atoms with Crippen LogP contribution < -0.4 is 5.32 Å². The average molecular weight is 296 g/mol. The summed E-state index contributed by atoms with van der Waals surface area (Å²) in [5.41, 5.74) is 2.29. The van der Waals surface area contributed by atoms with Crippen LogP contribution in [0.3, 0.4) is 0 Å². The van der Waals surface area contributed by atoms with Gasteiger partial charge in [0.05, 0.1) is 10.5 Å². The van der Waals surface area contributed by atoms with E-state index >= 15 is 0 Å². The van der Waals surface area contributed by atoms with Gasteiger partial charge in [-0.25, -0.2) is 0 Å². The molecule has 3 aromatic rings. The number of hydrogen-bond acceptors (Lipinski definition) is 4. The SMILES string of the molecule is Cc1cccc(NC(=O)c2coc3ccc([N+](=O)[O-])cc23)c1. The van der Waals surface area contributed by atoms with Gasteiger partial charge in [-0.1, -0.05) is 12.1 Å². The first-order valence-electron chi connectivity index (χ1n) is 6.58. The van der Waals surface area contributed by atoms with Crippen molar-refractivity contribution in [3.63, 3.8) is 0 Å². The van der Waals surface area contributed by atoms with Gasteiger partial charge in [0, 0.05) is 23.2 Å². The molecule has 1 N–H and O–H groups in total. The fourth-order valence-electron chi connectivity index (χ4n) is 2.23. The van der Waals surface area contributed by atoms with Crippen LogP contribution in [0.4, 0.5) is 11.4 Å². The second-order valence-electron chi connectivity index (χ2n) is 4.91. The Morgan fingerprint density at radius 1 is 1.23 bits per heavy atom. The van der Waals surface area contributed by atoms with Gasteiger partial charge in [-0.05, 0) is 30.7 Å². The monoisotopic (exact) mass is 296 g/mol. The first-order chi connectivity index (χ1) is 10.5. The normalized spacial score (nSPS) is 10.6. The van der Waals surface area contributed by atoms with Gasteiger partial charge in [-0.15, -0.1) is 0 Å². The highest BCUT2D eigenvalue weighted by atomic mass is 16.6. The number of nitro groups is 1. The third-order valence-corrected chi connectivity index (χ3v) is 3.29. The molecule has 22 heavy (non-hydrogen) atoms. The molecule has 6 heteroatoms. The molecule has 6 nitrogen and oxygen atoms in total. The van der Waals surface area contributed by atoms with Crippen LogP contribution in [-0.4, -0.2) is 10.8 Å². The van der Waals surface area contributed by atoms with E-state index in [0.717, 1.165) is 5.56 Å². The van der Waals surface area contributed by atoms with E-state index in [-0.39, 0.29) is 17.2 Å². The molecule has 0 aliphatic rings. The molecule has 0 aliphatic carbocycles. The second-order valence-corrected chi connectivity index (χ2v) is 4.91. The predicted octanol–water partition coefficient (Wildman–Crippen LogP) is 3.90. The Kier molecular flexibility index (Phi) is 3.34. The lowest BCUT2D eigenvalue weighted by molar-refractivity contribution is -0.384. The standard InChI is InChI=1S/C16H12N2O4/c1-10-3-2-4-11(7-10)17-16(19)14-9-22-15-6-5-12(18(20)21)8-13(14)15/h2-9H,1H3,(H,17,19). The minimum atomic E-state index is -0.505. The molecule has 0 saturated carbocycles. The highest BCUT2D eigenvalue weighted by molar-refractivity contribution is 6.12. The molecule has 0 saturated heterocycles. The van der Waals surface area contributed by atoms with E-state index in [1.54, 1.807) is 6.07 Å². The Hall–Kier alpha value is -3.15. The predicted molar refractivity (Wildman–Crippen MR) is 82.0 cm³/mol. The van der Waals surface area contributed by atoms with Gasteiger partial charge in [-0.3, -0.25) is 14.9 Å². The Balaban J connectivity index is 1.97. The van der Waals surface area contributed by atoms with Crippen molar-refractivity contribution in [2.24, 2.45) is 0 Å². The zero-order chi connectivity index (χ0) is 15.7. The Morgan fingerprint density at radius 3 is 2.77 bits per heavy atom. The maximum atomic E-state index is 12.3. The van der Waals surface area contributed by atoms with Crippen molar-refractivity contribution >= 4 is 28.3 Å². The number of fused-ring (bicyclic) bond motifs is 1. The lowest BCUT2D eigenvalue weighted by Gasteiger charge is -2.04. The van der Waals surface area contributed by atoms with Crippen LogP contribution in [0.1, 0.15) is 15.9 Å². The maximum Gasteiger partial charge on any atom is 0.270 e. The largest absolute Gasteiger partial charge is 0.463 e. The molecular formula is C16H12N2O4. The molecule has 3 rings (SSSR count). The first kappa shape index (κ1) is 13.8. The summed E-state index contributed by atoms with van der Waals surface area (Å²) in [4.78, 5) is 22.7. The number of aryl methyl sites for hydroxylation is 1. The van der Waals surface area contributed by atoms with Gasteiger partial charge in [0.15, 0.2) is 0 Å². The van der Waals surface area contributed by atoms with E-state index < -0.39 is 4.92 Å². The van der Waals surface area contributed by atoms with E-state index in [2.05, 4.69) is 5.32 Å². The number of carbonyl (C=O) groups is 1. The number of anilines is 1. The third kappa shape index (κ3) is 2.54. The van der Waals surface area contributed by atoms with E-state index in [1.165, 1.54) is 24.5 Å². The smallest absolute Gasteiger partial charge is 0.270 e. The number of nitro benzene ring substituents is 1. The Morgan fingerprint density at radius 2 is 2.05 bits per heavy atom. The van der Waals surface area contributed by atoms with Gasteiger partial charge >= 0.3 is 0 Å². The quantitative estimate of drug-likeness (QED) is 0.586. The van der Waals surface area contributed by atoms with Crippen molar-refractivity contribution < 1.29 is 14.1 Å². The molecule has 1 heterocycles. The van der Waals surface area contributed by atoms with Gasteiger partial charge in [0.25, 0.3) is 11.6 Å². The maximum absolute atomic E-state index is 12.3. The minimum Gasteiger partial charge on any atom is -0.463 e. The van der Waals surface area contributed by atoms with E-state index in [4.69, 9.17) is 4.42 Å². The summed E-state index contributed by atoms with van der Waals surface area (Å²) in [6.45, 7) is 1.92. The van der Waals surface area contributed by atoms with Crippen molar-refractivity contribution in [1.82, 2.24) is 0 Å². The molecule has 0 atom stereocenters. The summed E-state index contributed by atoms with van der Waals surface area (Å²) in [5.74, 6) is -0.371. The molecule has 1 aromatic heterocycles. The molecule has 0 unspecified atom stereocenters. The second kappa shape index (κ2) is 5.33. The van der Waals surface area contributed by atoms with Crippen molar-refractivity contribution in [3.8, 4) is 0 Å². The number of benzene rings is 2.